The lowest BCUT2D eigenvalue weighted by Gasteiger charge is -2.32. The number of hydrogen-bond acceptors (Lipinski definition) is 8. The van der Waals surface area contributed by atoms with Gasteiger partial charge in [-0.1, -0.05) is 88.2 Å². The number of Topliss-reactive ketones (excluding diaryl/α,β-unsaturated/α-hetero) is 1. The largest absolute Gasteiger partial charge is 0.444 e. The number of ether oxygens (including phenoxy) is 1. The summed E-state index contributed by atoms with van der Waals surface area (Å²) in [6.45, 7) is 10.9. The number of amides is 6. The van der Waals surface area contributed by atoms with Gasteiger partial charge >= 0.3 is 6.09 Å². The van der Waals surface area contributed by atoms with Crippen LogP contribution in [0.4, 0.5) is 4.79 Å². The zero-order valence-electron chi connectivity index (χ0n) is 34.1. The van der Waals surface area contributed by atoms with Crippen LogP contribution in [0.15, 0.2) is 54.6 Å². The van der Waals surface area contributed by atoms with Crippen molar-refractivity contribution in [3.05, 3.63) is 71.3 Å². The van der Waals surface area contributed by atoms with Crippen molar-refractivity contribution in [2.75, 3.05) is 27.2 Å². The van der Waals surface area contributed by atoms with Gasteiger partial charge in [-0.05, 0) is 75.5 Å². The molecule has 1 fully saturated rings. The molecular formula is C42H60N6O8. The number of nitrogens with one attached hydrogen (secondary N) is 4. The summed E-state index contributed by atoms with van der Waals surface area (Å²) in [5.74, 6) is -4.36. The minimum absolute atomic E-state index is 0.140. The second kappa shape index (κ2) is 21.1. The highest BCUT2D eigenvalue weighted by Crippen LogP contribution is 2.31. The lowest BCUT2D eigenvalue weighted by molar-refractivity contribution is -0.143. The average Bonchev–Trinajstić information content (AvgIpc) is 3.82. The number of alkyl carbamates (subject to hydrolysis) is 1. The Morgan fingerprint density at radius 3 is 2.00 bits per heavy atom. The zero-order chi connectivity index (χ0) is 41.6. The molecule has 1 unspecified atom stereocenters. The summed E-state index contributed by atoms with van der Waals surface area (Å²) in [4.78, 5) is 95.6. The van der Waals surface area contributed by atoms with Crippen molar-refractivity contribution in [2.45, 2.75) is 116 Å². The molecule has 0 bridgehead atoms. The van der Waals surface area contributed by atoms with Crippen LogP contribution < -0.4 is 21.3 Å². The first-order valence-electron chi connectivity index (χ1n) is 19.6. The quantitative estimate of drug-likeness (QED) is 0.210. The number of rotatable bonds is 14. The Labute approximate surface area is 330 Å². The van der Waals surface area contributed by atoms with Gasteiger partial charge in [0.25, 0.3) is 5.91 Å². The molecule has 306 valence electrons. The Hall–Kier alpha value is -5.27. The predicted molar refractivity (Wildman–Crippen MR) is 212 cm³/mol. The first kappa shape index (κ1) is 45.1. The van der Waals surface area contributed by atoms with E-state index in [-0.39, 0.29) is 24.8 Å². The highest BCUT2D eigenvalue weighted by atomic mass is 16.6. The summed E-state index contributed by atoms with van der Waals surface area (Å²) in [5, 5.41) is 10.4. The van der Waals surface area contributed by atoms with Crippen molar-refractivity contribution in [1.29, 1.82) is 0 Å². The number of fused-ring (bicyclic) bond motifs is 1. The van der Waals surface area contributed by atoms with Crippen LogP contribution in [-0.4, -0.2) is 102 Å². The Morgan fingerprint density at radius 2 is 1.45 bits per heavy atom. The summed E-state index contributed by atoms with van der Waals surface area (Å²) < 4.78 is 5.50. The summed E-state index contributed by atoms with van der Waals surface area (Å²) in [7, 11) is 3.11. The molecule has 4 rings (SSSR count). The number of nitrogens with zero attached hydrogens (tertiary/aromatic N) is 2. The summed E-state index contributed by atoms with van der Waals surface area (Å²) in [6, 6.07) is 12.4. The standard InChI is InChI=1S/C39H52N6O8.C3H8/c1-7-14-28(33(47)35(49)40-23-30(46)42-31(36(50)44(5)6)24-15-9-8-10-16-24)41-34(48)29-19-13-20-45(29)37(51)32(43-38(52)53-39(2,3)4)27-21-25-17-11-12-18-26(25)22-27;1-3-2/h8-12,15-18,27-29,31-32H,7,13-14,19-23H2,1-6H3,(H,40,49)(H,41,48)(H,42,46)(H,43,52);3H2,1-2H3/t28?,29-,31-,32-;/m0./s1. The fourth-order valence-corrected chi connectivity index (χ4v) is 6.76. The number of benzene rings is 2. The monoisotopic (exact) mass is 776 g/mol. The summed E-state index contributed by atoms with van der Waals surface area (Å²) >= 11 is 0. The molecule has 1 aliphatic carbocycles. The molecule has 0 aromatic heterocycles. The van der Waals surface area contributed by atoms with Gasteiger partial charge in [-0.3, -0.25) is 28.8 Å². The van der Waals surface area contributed by atoms with Gasteiger partial charge in [0, 0.05) is 20.6 Å². The van der Waals surface area contributed by atoms with Crippen molar-refractivity contribution < 1.29 is 38.3 Å². The third-order valence-corrected chi connectivity index (χ3v) is 9.30. The van der Waals surface area contributed by atoms with Crippen LogP contribution in [0, 0.1) is 5.92 Å². The zero-order valence-corrected chi connectivity index (χ0v) is 34.1. The van der Waals surface area contributed by atoms with E-state index in [1.807, 2.05) is 24.3 Å². The molecule has 56 heavy (non-hydrogen) atoms. The third-order valence-electron chi connectivity index (χ3n) is 9.30. The van der Waals surface area contributed by atoms with E-state index in [1.54, 1.807) is 72.1 Å². The minimum atomic E-state index is -1.21. The van der Waals surface area contributed by atoms with Crippen LogP contribution in [-0.2, 0) is 46.3 Å². The molecular weight excluding hydrogens is 716 g/mol. The Morgan fingerprint density at radius 1 is 0.857 bits per heavy atom. The first-order chi connectivity index (χ1) is 26.5. The molecule has 4 N–H and O–H groups in total. The maximum absolute atomic E-state index is 14.2. The molecule has 14 heteroatoms. The van der Waals surface area contributed by atoms with Crippen molar-refractivity contribution in [2.24, 2.45) is 5.92 Å². The number of ketones is 1. The van der Waals surface area contributed by atoms with Gasteiger partial charge in [0.15, 0.2) is 0 Å². The number of likely N-dealkylation sites (tertiary alicyclic amines) is 1. The minimum Gasteiger partial charge on any atom is -0.444 e. The van der Waals surface area contributed by atoms with E-state index in [0.717, 1.165) is 11.1 Å². The van der Waals surface area contributed by atoms with Gasteiger partial charge in [-0.15, -0.1) is 0 Å². The van der Waals surface area contributed by atoms with Crippen LogP contribution in [0.5, 0.6) is 0 Å². The van der Waals surface area contributed by atoms with E-state index in [2.05, 4.69) is 35.1 Å². The van der Waals surface area contributed by atoms with E-state index in [0.29, 0.717) is 37.7 Å². The van der Waals surface area contributed by atoms with Crippen LogP contribution in [0.3, 0.4) is 0 Å². The third kappa shape index (κ3) is 12.9. The predicted octanol–water partition coefficient (Wildman–Crippen LogP) is 3.62. The van der Waals surface area contributed by atoms with E-state index in [4.69, 9.17) is 4.74 Å². The lowest BCUT2D eigenvalue weighted by atomic mass is 9.95. The van der Waals surface area contributed by atoms with E-state index in [1.165, 1.54) is 16.2 Å². The van der Waals surface area contributed by atoms with Crippen molar-refractivity contribution in [3.8, 4) is 0 Å². The number of carbonyl (C=O) groups excluding carboxylic acids is 7. The highest BCUT2D eigenvalue weighted by Gasteiger charge is 2.43. The second-order valence-electron chi connectivity index (χ2n) is 15.5. The van der Waals surface area contributed by atoms with Crippen LogP contribution in [0.1, 0.15) is 96.4 Å². The molecule has 1 aliphatic heterocycles. The van der Waals surface area contributed by atoms with Crippen LogP contribution >= 0.6 is 0 Å². The molecule has 1 saturated heterocycles. The number of hydrogen-bond donors (Lipinski definition) is 4. The molecule has 2 aromatic rings. The van der Waals surface area contributed by atoms with Crippen molar-refractivity contribution in [1.82, 2.24) is 31.1 Å². The molecule has 2 aliphatic rings. The van der Waals surface area contributed by atoms with Gasteiger partial charge in [-0.25, -0.2) is 4.79 Å². The molecule has 2 aromatic carbocycles. The van der Waals surface area contributed by atoms with Crippen molar-refractivity contribution >= 4 is 41.4 Å². The van der Waals surface area contributed by atoms with Gasteiger partial charge in [0.2, 0.25) is 29.4 Å². The molecule has 6 amide bonds. The summed E-state index contributed by atoms with van der Waals surface area (Å²) in [6.07, 6.45) is 3.08. The van der Waals surface area contributed by atoms with Gasteiger partial charge in [0.05, 0.1) is 12.6 Å². The SMILES string of the molecule is CCC.CCCC(NC(=O)[C@@H]1CCCN1C(=O)[C@@H](NC(=O)OC(C)(C)C)C1Cc2ccccc2C1)C(=O)C(=O)NCC(=O)N[C@H](C(=O)N(C)C)c1ccccc1. The fraction of sp³-hybridized carbons (Fsp3) is 0.548. The molecule has 1 heterocycles. The van der Waals surface area contributed by atoms with Crippen molar-refractivity contribution in [3.63, 3.8) is 0 Å². The highest BCUT2D eigenvalue weighted by molar-refractivity contribution is 6.38. The summed E-state index contributed by atoms with van der Waals surface area (Å²) in [5.41, 5.74) is 1.94. The smallest absolute Gasteiger partial charge is 0.408 e. The Balaban J connectivity index is 0.00000271. The lowest BCUT2D eigenvalue weighted by Crippen LogP contribution is -2.58. The van der Waals surface area contributed by atoms with E-state index < -0.39 is 71.8 Å². The Kier molecular flexibility index (Phi) is 17.0. The molecule has 0 radical (unpaired) electrons. The Bertz CT molecular complexity index is 1670. The topological polar surface area (TPSA) is 183 Å². The van der Waals surface area contributed by atoms with E-state index >= 15 is 0 Å². The first-order valence-corrected chi connectivity index (χ1v) is 19.6. The normalized spacial score (nSPS) is 16.5. The molecule has 4 atom stereocenters. The van der Waals surface area contributed by atoms with Gasteiger partial charge in [0.1, 0.15) is 23.7 Å². The number of likely N-dealkylation sites (N-methyl/N-ethyl adjacent to an activating group) is 1. The van der Waals surface area contributed by atoms with E-state index in [9.17, 15) is 33.6 Å². The molecule has 0 saturated carbocycles. The second-order valence-corrected chi connectivity index (χ2v) is 15.5. The molecule has 14 nitrogen and oxygen atoms in total. The van der Waals surface area contributed by atoms with Gasteiger partial charge in [-0.2, -0.15) is 0 Å². The maximum atomic E-state index is 14.2. The number of carbonyl (C=O) groups is 7. The molecule has 0 spiro atoms. The van der Waals surface area contributed by atoms with Crippen LogP contribution in [0.25, 0.3) is 0 Å². The van der Waals surface area contributed by atoms with Crippen LogP contribution in [0.2, 0.25) is 0 Å². The average molecular weight is 777 g/mol. The maximum Gasteiger partial charge on any atom is 0.408 e. The van der Waals surface area contributed by atoms with Gasteiger partial charge < -0.3 is 35.8 Å². The fourth-order valence-electron chi connectivity index (χ4n) is 6.76.